The van der Waals surface area contributed by atoms with E-state index < -0.39 is 0 Å². The van der Waals surface area contributed by atoms with Crippen LogP contribution < -0.4 is 0 Å². The van der Waals surface area contributed by atoms with E-state index >= 15 is 0 Å². The van der Waals surface area contributed by atoms with Gasteiger partial charge in [-0.25, -0.2) is 0 Å². The molecule has 0 radical (unpaired) electrons. The molecule has 2 fully saturated rings. The topological polar surface area (TPSA) is 37.3 Å². The monoisotopic (exact) mass is 182 g/mol. The Kier molecular flexibility index (Phi) is 2.18. The molecule has 0 heterocycles. The van der Waals surface area contributed by atoms with Crippen LogP contribution in [0.1, 0.15) is 45.4 Å². The highest BCUT2D eigenvalue weighted by atomic mass is 16.3. The van der Waals surface area contributed by atoms with Gasteiger partial charge in [0.25, 0.3) is 0 Å². The number of aliphatic hydroxyl groups is 1. The van der Waals surface area contributed by atoms with E-state index in [0.717, 1.165) is 32.1 Å². The first-order valence-electron chi connectivity index (χ1n) is 5.33. The van der Waals surface area contributed by atoms with Crippen LogP contribution in [0.25, 0.3) is 0 Å². The van der Waals surface area contributed by atoms with Crippen LogP contribution in [-0.2, 0) is 4.79 Å². The van der Waals surface area contributed by atoms with Crippen LogP contribution in [0.2, 0.25) is 0 Å². The van der Waals surface area contributed by atoms with Crippen LogP contribution >= 0.6 is 0 Å². The molecule has 2 unspecified atom stereocenters. The van der Waals surface area contributed by atoms with E-state index in [9.17, 15) is 9.90 Å². The Morgan fingerprint density at radius 2 is 2.23 bits per heavy atom. The first-order valence-corrected chi connectivity index (χ1v) is 5.33. The summed E-state index contributed by atoms with van der Waals surface area (Å²) in [5.74, 6) is 0.553. The third-order valence-electron chi connectivity index (χ3n) is 3.96. The van der Waals surface area contributed by atoms with Gasteiger partial charge in [0.05, 0.1) is 6.10 Å². The highest BCUT2D eigenvalue weighted by Gasteiger charge is 2.44. The average molecular weight is 182 g/mol. The molecule has 0 aromatic carbocycles. The van der Waals surface area contributed by atoms with Crippen molar-refractivity contribution in [3.63, 3.8) is 0 Å². The SMILES string of the molecule is C[C@@]12CCCC(=O)C1CC(O)CC2. The van der Waals surface area contributed by atoms with Crippen LogP contribution in [-0.4, -0.2) is 17.0 Å². The summed E-state index contributed by atoms with van der Waals surface area (Å²) in [6, 6.07) is 0. The van der Waals surface area contributed by atoms with Gasteiger partial charge in [-0.2, -0.15) is 0 Å². The van der Waals surface area contributed by atoms with Gasteiger partial charge in [0.15, 0.2) is 0 Å². The second-order valence-electron chi connectivity index (χ2n) is 4.95. The molecule has 1 N–H and O–H groups in total. The Balaban J connectivity index is 2.17. The van der Waals surface area contributed by atoms with Crippen LogP contribution in [0, 0.1) is 11.3 Å². The number of Topliss-reactive ketones (excluding diaryl/α,β-unsaturated/α-hetero) is 1. The zero-order valence-electron chi connectivity index (χ0n) is 8.25. The summed E-state index contributed by atoms with van der Waals surface area (Å²) in [4.78, 5) is 11.7. The van der Waals surface area contributed by atoms with Gasteiger partial charge in [0.1, 0.15) is 5.78 Å². The molecule has 2 aliphatic rings. The van der Waals surface area contributed by atoms with Crippen LogP contribution in [0.15, 0.2) is 0 Å². The van der Waals surface area contributed by atoms with Crippen LogP contribution in [0.3, 0.4) is 0 Å². The molecule has 0 aliphatic heterocycles. The number of fused-ring (bicyclic) bond motifs is 1. The highest BCUT2D eigenvalue weighted by Crippen LogP contribution is 2.48. The molecule has 2 rings (SSSR count). The van der Waals surface area contributed by atoms with Crippen molar-refractivity contribution in [1.82, 2.24) is 0 Å². The fraction of sp³-hybridized carbons (Fsp3) is 0.909. The predicted molar refractivity (Wildman–Crippen MR) is 50.3 cm³/mol. The standard InChI is InChI=1S/C11H18O2/c1-11-5-2-3-10(13)9(11)7-8(12)4-6-11/h8-9,12H,2-7H2,1H3/t8?,9?,11-/m0/s1. The van der Waals surface area contributed by atoms with E-state index in [1.165, 1.54) is 6.42 Å². The Bertz CT molecular complexity index is 224. The molecule has 2 saturated carbocycles. The maximum Gasteiger partial charge on any atom is 0.136 e. The summed E-state index contributed by atoms with van der Waals surface area (Å²) in [6.45, 7) is 2.22. The zero-order valence-corrected chi connectivity index (χ0v) is 8.25. The van der Waals surface area contributed by atoms with Crippen molar-refractivity contribution in [3.05, 3.63) is 0 Å². The fourth-order valence-corrected chi connectivity index (χ4v) is 3.01. The average Bonchev–Trinajstić information content (AvgIpc) is 2.08. The van der Waals surface area contributed by atoms with Crippen LogP contribution in [0.4, 0.5) is 0 Å². The summed E-state index contributed by atoms with van der Waals surface area (Å²) in [6.07, 6.45) is 5.39. The molecule has 0 saturated heterocycles. The zero-order chi connectivity index (χ0) is 9.47. The van der Waals surface area contributed by atoms with Gasteiger partial charge in [-0.05, 0) is 37.5 Å². The van der Waals surface area contributed by atoms with E-state index in [-0.39, 0.29) is 17.4 Å². The van der Waals surface area contributed by atoms with Gasteiger partial charge in [0, 0.05) is 12.3 Å². The molecule has 0 spiro atoms. The summed E-state index contributed by atoms with van der Waals surface area (Å²) in [5, 5.41) is 9.53. The molecule has 0 amide bonds. The number of hydrogen-bond donors (Lipinski definition) is 1. The smallest absolute Gasteiger partial charge is 0.136 e. The summed E-state index contributed by atoms with van der Waals surface area (Å²) < 4.78 is 0. The van der Waals surface area contributed by atoms with E-state index in [4.69, 9.17) is 0 Å². The molecule has 0 aromatic heterocycles. The summed E-state index contributed by atoms with van der Waals surface area (Å²) in [7, 11) is 0. The van der Waals surface area contributed by atoms with Crippen molar-refractivity contribution in [2.45, 2.75) is 51.6 Å². The van der Waals surface area contributed by atoms with Crippen molar-refractivity contribution < 1.29 is 9.90 Å². The second-order valence-corrected chi connectivity index (χ2v) is 4.95. The van der Waals surface area contributed by atoms with Crippen molar-refractivity contribution in [1.29, 1.82) is 0 Å². The van der Waals surface area contributed by atoms with E-state index in [2.05, 4.69) is 6.92 Å². The lowest BCUT2D eigenvalue weighted by molar-refractivity contribution is -0.135. The number of ketones is 1. The number of carbonyl (C=O) groups excluding carboxylic acids is 1. The van der Waals surface area contributed by atoms with E-state index in [1.54, 1.807) is 0 Å². The third kappa shape index (κ3) is 1.52. The van der Waals surface area contributed by atoms with Crippen molar-refractivity contribution in [2.75, 3.05) is 0 Å². The molecule has 2 heteroatoms. The van der Waals surface area contributed by atoms with Gasteiger partial charge in [-0.3, -0.25) is 4.79 Å². The first-order chi connectivity index (χ1) is 6.12. The van der Waals surface area contributed by atoms with Gasteiger partial charge in [-0.1, -0.05) is 6.92 Å². The molecule has 2 aliphatic carbocycles. The minimum Gasteiger partial charge on any atom is -0.393 e. The van der Waals surface area contributed by atoms with Crippen molar-refractivity contribution in [2.24, 2.45) is 11.3 Å². The molecule has 3 atom stereocenters. The summed E-state index contributed by atoms with van der Waals surface area (Å²) >= 11 is 0. The normalized spacial score (nSPS) is 45.8. The molecule has 2 nitrogen and oxygen atoms in total. The van der Waals surface area contributed by atoms with Gasteiger partial charge in [-0.15, -0.1) is 0 Å². The lowest BCUT2D eigenvalue weighted by atomic mass is 9.59. The van der Waals surface area contributed by atoms with Crippen molar-refractivity contribution >= 4 is 5.78 Å². The second kappa shape index (κ2) is 3.09. The number of rotatable bonds is 0. The van der Waals surface area contributed by atoms with E-state index in [1.807, 2.05) is 0 Å². The fourth-order valence-electron chi connectivity index (χ4n) is 3.01. The molecule has 74 valence electrons. The van der Waals surface area contributed by atoms with E-state index in [0.29, 0.717) is 5.78 Å². The largest absolute Gasteiger partial charge is 0.393 e. The highest BCUT2D eigenvalue weighted by molar-refractivity contribution is 5.82. The van der Waals surface area contributed by atoms with Crippen molar-refractivity contribution in [3.8, 4) is 0 Å². The third-order valence-corrected chi connectivity index (χ3v) is 3.96. The van der Waals surface area contributed by atoms with Gasteiger partial charge in [0.2, 0.25) is 0 Å². The Hall–Kier alpha value is -0.370. The minimum atomic E-state index is -0.222. The molecule has 0 bridgehead atoms. The maximum absolute atomic E-state index is 11.7. The Labute approximate surface area is 79.3 Å². The Morgan fingerprint density at radius 3 is 3.00 bits per heavy atom. The predicted octanol–water partition coefficient (Wildman–Crippen LogP) is 1.91. The maximum atomic E-state index is 11.7. The lowest BCUT2D eigenvalue weighted by Crippen LogP contribution is -2.43. The van der Waals surface area contributed by atoms with Gasteiger partial charge >= 0.3 is 0 Å². The molecule has 13 heavy (non-hydrogen) atoms. The van der Waals surface area contributed by atoms with Gasteiger partial charge < -0.3 is 5.11 Å². The number of aliphatic hydroxyl groups excluding tert-OH is 1. The lowest BCUT2D eigenvalue weighted by Gasteiger charge is -2.45. The summed E-state index contributed by atoms with van der Waals surface area (Å²) in [5.41, 5.74) is 0.217. The Morgan fingerprint density at radius 1 is 1.46 bits per heavy atom. The molecule has 0 aromatic rings. The minimum absolute atomic E-state index is 0.157. The number of hydrogen-bond acceptors (Lipinski definition) is 2. The molecular weight excluding hydrogens is 164 g/mol. The quantitative estimate of drug-likeness (QED) is 0.621. The number of carbonyl (C=O) groups is 1. The van der Waals surface area contributed by atoms with Crippen LogP contribution in [0.5, 0.6) is 0 Å². The first kappa shape index (κ1) is 9.20. The molecular formula is C11H18O2.